The smallest absolute Gasteiger partial charge is 0.131 e. The minimum absolute atomic E-state index is 0.106. The molecule has 0 N–H and O–H groups in total. The van der Waals surface area contributed by atoms with Gasteiger partial charge in [0.05, 0.1) is 0 Å². The number of unbranched alkanes of at least 4 members (excludes halogenated alkanes) is 2. The van der Waals surface area contributed by atoms with Gasteiger partial charge in [0.15, 0.2) is 0 Å². The molecule has 0 radical (unpaired) electrons. The Morgan fingerprint density at radius 3 is 2.79 bits per heavy atom. The number of hydrogen-bond donors (Lipinski definition) is 0. The van der Waals surface area contributed by atoms with E-state index in [1.807, 2.05) is 12.1 Å². The molecule has 0 saturated carbocycles. The van der Waals surface area contributed by atoms with Crippen molar-refractivity contribution in [3.63, 3.8) is 0 Å². The van der Waals surface area contributed by atoms with Crippen molar-refractivity contribution >= 4 is 21.5 Å². The van der Waals surface area contributed by atoms with E-state index in [0.717, 1.165) is 28.8 Å². The van der Waals surface area contributed by atoms with E-state index in [9.17, 15) is 4.39 Å². The molecule has 0 aliphatic heterocycles. The average molecular weight is 325 g/mol. The average Bonchev–Trinajstić information content (AvgIpc) is 2.40. The Labute approximate surface area is 124 Å². The molecule has 2 heteroatoms. The molecule has 0 aromatic heterocycles. The lowest BCUT2D eigenvalue weighted by Gasteiger charge is -2.22. The fourth-order valence-electron chi connectivity index (χ4n) is 2.83. The highest BCUT2D eigenvalue weighted by Gasteiger charge is 2.17. The highest BCUT2D eigenvalue weighted by atomic mass is 79.9. The van der Waals surface area contributed by atoms with Crippen molar-refractivity contribution in [1.29, 1.82) is 0 Å². The van der Waals surface area contributed by atoms with Crippen LogP contribution in [0.15, 0.2) is 28.7 Å². The first-order valence-corrected chi connectivity index (χ1v) is 8.14. The number of hydrogen-bond acceptors (Lipinski definition) is 0. The first-order valence-electron chi connectivity index (χ1n) is 7.35. The third-order valence-electron chi connectivity index (χ3n) is 4.01. The van der Waals surface area contributed by atoms with E-state index in [1.165, 1.54) is 37.7 Å². The van der Waals surface area contributed by atoms with Crippen LogP contribution in [0.4, 0.5) is 4.39 Å². The van der Waals surface area contributed by atoms with Gasteiger partial charge in [0.2, 0.25) is 0 Å². The van der Waals surface area contributed by atoms with E-state index in [2.05, 4.69) is 28.9 Å². The molecule has 2 rings (SSSR count). The van der Waals surface area contributed by atoms with Crippen LogP contribution in [0.1, 0.15) is 57.4 Å². The summed E-state index contributed by atoms with van der Waals surface area (Å²) in [6, 6.07) is 5.37. The van der Waals surface area contributed by atoms with Crippen LogP contribution in [0.3, 0.4) is 0 Å². The van der Waals surface area contributed by atoms with Gasteiger partial charge in [-0.1, -0.05) is 60.7 Å². The molecule has 1 aromatic carbocycles. The molecule has 1 aromatic rings. The van der Waals surface area contributed by atoms with Gasteiger partial charge in [0, 0.05) is 10.0 Å². The maximum atomic E-state index is 13.9. The zero-order valence-electron chi connectivity index (χ0n) is 11.6. The molecule has 0 saturated heterocycles. The van der Waals surface area contributed by atoms with Crippen molar-refractivity contribution in [3.8, 4) is 0 Å². The first kappa shape index (κ1) is 14.8. The summed E-state index contributed by atoms with van der Waals surface area (Å²) in [5, 5.41) is 0. The second-order valence-electron chi connectivity index (χ2n) is 5.49. The van der Waals surface area contributed by atoms with E-state index in [-0.39, 0.29) is 5.82 Å². The Kier molecular flexibility index (Phi) is 5.62. The molecule has 0 amide bonds. The largest absolute Gasteiger partial charge is 0.206 e. The van der Waals surface area contributed by atoms with Crippen molar-refractivity contribution in [2.75, 3.05) is 0 Å². The third kappa shape index (κ3) is 4.17. The van der Waals surface area contributed by atoms with E-state index in [4.69, 9.17) is 0 Å². The van der Waals surface area contributed by atoms with Crippen LogP contribution in [-0.4, -0.2) is 0 Å². The van der Waals surface area contributed by atoms with Crippen molar-refractivity contribution in [2.24, 2.45) is 5.92 Å². The summed E-state index contributed by atoms with van der Waals surface area (Å²) >= 11 is 3.31. The second kappa shape index (κ2) is 7.23. The quantitative estimate of drug-likeness (QED) is 0.553. The SMILES string of the molecule is CCCCCC1CC=C(c2ccc(Br)cc2F)CC1. The lowest BCUT2D eigenvalue weighted by atomic mass is 9.84. The molecule has 0 fully saturated rings. The molecule has 1 atom stereocenters. The monoisotopic (exact) mass is 324 g/mol. The van der Waals surface area contributed by atoms with Crippen LogP contribution in [0.25, 0.3) is 5.57 Å². The minimum Gasteiger partial charge on any atom is -0.206 e. The summed E-state index contributed by atoms with van der Waals surface area (Å²) in [5.74, 6) is 0.707. The minimum atomic E-state index is -0.106. The van der Waals surface area contributed by atoms with Crippen LogP contribution in [-0.2, 0) is 0 Å². The molecule has 0 spiro atoms. The first-order chi connectivity index (χ1) is 9.20. The Bertz CT molecular complexity index is 451. The van der Waals surface area contributed by atoms with Crippen molar-refractivity contribution in [3.05, 3.63) is 40.1 Å². The van der Waals surface area contributed by atoms with E-state index in [1.54, 1.807) is 6.07 Å². The molecule has 1 unspecified atom stereocenters. The third-order valence-corrected chi connectivity index (χ3v) is 4.51. The Hall–Kier alpha value is -0.630. The van der Waals surface area contributed by atoms with Crippen LogP contribution in [0, 0.1) is 11.7 Å². The summed E-state index contributed by atoms with van der Waals surface area (Å²) in [7, 11) is 0. The molecule has 1 aliphatic rings. The lowest BCUT2D eigenvalue weighted by Crippen LogP contribution is -2.06. The molecule has 0 nitrogen and oxygen atoms in total. The molecule has 19 heavy (non-hydrogen) atoms. The van der Waals surface area contributed by atoms with Crippen LogP contribution in [0.5, 0.6) is 0 Å². The van der Waals surface area contributed by atoms with Crippen LogP contribution >= 0.6 is 15.9 Å². The van der Waals surface area contributed by atoms with Crippen molar-refractivity contribution in [1.82, 2.24) is 0 Å². The number of allylic oxidation sites excluding steroid dienone is 2. The van der Waals surface area contributed by atoms with E-state index in [0.29, 0.717) is 0 Å². The summed E-state index contributed by atoms with van der Waals surface area (Å²) in [6.45, 7) is 2.25. The van der Waals surface area contributed by atoms with Crippen molar-refractivity contribution < 1.29 is 4.39 Å². The molecular weight excluding hydrogens is 303 g/mol. The van der Waals surface area contributed by atoms with Gasteiger partial charge in [-0.05, 0) is 42.9 Å². The van der Waals surface area contributed by atoms with Gasteiger partial charge in [-0.25, -0.2) is 4.39 Å². The van der Waals surface area contributed by atoms with E-state index >= 15 is 0 Å². The zero-order valence-corrected chi connectivity index (χ0v) is 13.2. The van der Waals surface area contributed by atoms with Gasteiger partial charge < -0.3 is 0 Å². The maximum absolute atomic E-state index is 13.9. The summed E-state index contributed by atoms with van der Waals surface area (Å²) in [6.07, 6.45) is 10.9. The second-order valence-corrected chi connectivity index (χ2v) is 6.41. The van der Waals surface area contributed by atoms with Gasteiger partial charge in [0.25, 0.3) is 0 Å². The highest BCUT2D eigenvalue weighted by Crippen LogP contribution is 2.34. The normalized spacial score (nSPS) is 19.3. The van der Waals surface area contributed by atoms with Gasteiger partial charge in [-0.2, -0.15) is 0 Å². The van der Waals surface area contributed by atoms with Gasteiger partial charge >= 0.3 is 0 Å². The summed E-state index contributed by atoms with van der Waals surface area (Å²) < 4.78 is 14.7. The standard InChI is InChI=1S/C17H22BrF/c1-2-3-4-5-13-6-8-14(9-7-13)16-11-10-15(18)12-17(16)19/h8,10-13H,2-7,9H2,1H3. The highest BCUT2D eigenvalue weighted by molar-refractivity contribution is 9.10. The Morgan fingerprint density at radius 1 is 1.32 bits per heavy atom. The topological polar surface area (TPSA) is 0 Å². The van der Waals surface area contributed by atoms with Gasteiger partial charge in [0.1, 0.15) is 5.82 Å². The van der Waals surface area contributed by atoms with Gasteiger partial charge in [-0.15, -0.1) is 0 Å². The summed E-state index contributed by atoms with van der Waals surface area (Å²) in [5.41, 5.74) is 1.98. The molecule has 0 bridgehead atoms. The molecule has 1 aliphatic carbocycles. The van der Waals surface area contributed by atoms with E-state index < -0.39 is 0 Å². The lowest BCUT2D eigenvalue weighted by molar-refractivity contribution is 0.427. The fraction of sp³-hybridized carbons (Fsp3) is 0.529. The molecule has 0 heterocycles. The maximum Gasteiger partial charge on any atom is 0.131 e. The van der Waals surface area contributed by atoms with Crippen molar-refractivity contribution in [2.45, 2.75) is 51.9 Å². The molecule has 104 valence electrons. The Balaban J connectivity index is 1.96. The van der Waals surface area contributed by atoms with Crippen LogP contribution < -0.4 is 0 Å². The fourth-order valence-corrected chi connectivity index (χ4v) is 3.16. The van der Waals surface area contributed by atoms with Crippen LogP contribution in [0.2, 0.25) is 0 Å². The predicted octanol–water partition coefficient (Wildman–Crippen LogP) is 6.35. The predicted molar refractivity (Wildman–Crippen MR) is 83.6 cm³/mol. The molecular formula is C17H22BrF. The number of rotatable bonds is 5. The number of benzene rings is 1. The van der Waals surface area contributed by atoms with Gasteiger partial charge in [-0.3, -0.25) is 0 Å². The Morgan fingerprint density at radius 2 is 2.16 bits per heavy atom. The zero-order chi connectivity index (χ0) is 13.7. The number of halogens is 2. The summed E-state index contributed by atoms with van der Waals surface area (Å²) in [4.78, 5) is 0.